The Hall–Kier alpha value is -1.20. The van der Waals surface area contributed by atoms with Gasteiger partial charge in [0.15, 0.2) is 5.82 Å². The molecule has 0 aliphatic carbocycles. The maximum absolute atomic E-state index is 5.85. The molecule has 5 nitrogen and oxygen atoms in total. The molecule has 1 aliphatic rings. The zero-order valence-electron chi connectivity index (χ0n) is 12.3. The molecule has 1 aromatic rings. The van der Waals surface area contributed by atoms with Crippen LogP contribution in [0.25, 0.3) is 0 Å². The van der Waals surface area contributed by atoms with Gasteiger partial charge < -0.3 is 10.1 Å². The quantitative estimate of drug-likeness (QED) is 0.899. The monoisotopic (exact) mass is 264 g/mol. The molecule has 1 aliphatic heterocycles. The lowest BCUT2D eigenvalue weighted by Gasteiger charge is -2.34. The van der Waals surface area contributed by atoms with Gasteiger partial charge in [0.25, 0.3) is 0 Å². The standard InChI is InChI=1S/C14H24N4O/c1-5-11-8-13(15-4)17-14(16-11)12-9-18(10(2)3)6-7-19-12/h8,10,12H,5-7,9H2,1-4H3,(H,15,16,17). The van der Waals surface area contributed by atoms with Gasteiger partial charge in [-0.05, 0) is 20.3 Å². The van der Waals surface area contributed by atoms with E-state index in [1.165, 1.54) is 0 Å². The molecule has 0 aromatic carbocycles. The van der Waals surface area contributed by atoms with Gasteiger partial charge in [0.2, 0.25) is 0 Å². The number of rotatable bonds is 4. The van der Waals surface area contributed by atoms with E-state index >= 15 is 0 Å². The Kier molecular flexibility index (Phi) is 4.71. The molecule has 106 valence electrons. The third kappa shape index (κ3) is 3.42. The van der Waals surface area contributed by atoms with Crippen molar-refractivity contribution in [3.8, 4) is 0 Å². The molecule has 19 heavy (non-hydrogen) atoms. The van der Waals surface area contributed by atoms with Crippen LogP contribution < -0.4 is 5.32 Å². The highest BCUT2D eigenvalue weighted by Gasteiger charge is 2.26. The maximum atomic E-state index is 5.85. The predicted octanol–water partition coefficient (Wildman–Crippen LogP) is 1.86. The number of morpholine rings is 1. The Balaban J connectivity index is 2.20. The summed E-state index contributed by atoms with van der Waals surface area (Å²) in [6.07, 6.45) is 0.889. The minimum atomic E-state index is -0.0188. The molecule has 2 rings (SSSR count). The summed E-state index contributed by atoms with van der Waals surface area (Å²) in [5.41, 5.74) is 1.06. The van der Waals surface area contributed by atoms with Crippen molar-refractivity contribution in [2.75, 3.05) is 32.1 Å². The molecule has 1 fully saturated rings. The lowest BCUT2D eigenvalue weighted by atomic mass is 10.2. The number of nitrogens with zero attached hydrogens (tertiary/aromatic N) is 3. The first kappa shape index (κ1) is 14.2. The van der Waals surface area contributed by atoms with Gasteiger partial charge in [-0.25, -0.2) is 9.97 Å². The molecule has 2 heterocycles. The molecule has 0 spiro atoms. The molecular weight excluding hydrogens is 240 g/mol. The minimum absolute atomic E-state index is 0.0188. The first-order chi connectivity index (χ1) is 9.13. The second-order valence-electron chi connectivity index (χ2n) is 5.15. The van der Waals surface area contributed by atoms with E-state index in [0.717, 1.165) is 43.5 Å². The Bertz CT molecular complexity index is 400. The fraction of sp³-hybridized carbons (Fsp3) is 0.714. The molecule has 1 N–H and O–H groups in total. The van der Waals surface area contributed by atoms with E-state index in [4.69, 9.17) is 4.74 Å². The summed E-state index contributed by atoms with van der Waals surface area (Å²) in [7, 11) is 1.88. The fourth-order valence-corrected chi connectivity index (χ4v) is 2.27. The van der Waals surface area contributed by atoms with E-state index in [1.807, 2.05) is 13.1 Å². The normalized spacial score (nSPS) is 20.8. The van der Waals surface area contributed by atoms with Gasteiger partial charge in [-0.1, -0.05) is 6.92 Å². The topological polar surface area (TPSA) is 50.3 Å². The van der Waals surface area contributed by atoms with Gasteiger partial charge in [0.1, 0.15) is 11.9 Å². The number of nitrogens with one attached hydrogen (secondary N) is 1. The molecule has 0 bridgehead atoms. The highest BCUT2D eigenvalue weighted by atomic mass is 16.5. The van der Waals surface area contributed by atoms with Gasteiger partial charge in [0, 0.05) is 37.9 Å². The van der Waals surface area contributed by atoms with E-state index in [0.29, 0.717) is 6.04 Å². The van der Waals surface area contributed by atoms with Crippen LogP contribution in [0.3, 0.4) is 0 Å². The Morgan fingerprint density at radius 3 is 2.89 bits per heavy atom. The lowest BCUT2D eigenvalue weighted by Crippen LogP contribution is -2.42. The van der Waals surface area contributed by atoms with Gasteiger partial charge in [-0.2, -0.15) is 0 Å². The van der Waals surface area contributed by atoms with Crippen LogP contribution >= 0.6 is 0 Å². The summed E-state index contributed by atoms with van der Waals surface area (Å²) in [6.45, 7) is 9.13. The summed E-state index contributed by atoms with van der Waals surface area (Å²) < 4.78 is 5.85. The van der Waals surface area contributed by atoms with Crippen molar-refractivity contribution >= 4 is 5.82 Å². The highest BCUT2D eigenvalue weighted by Crippen LogP contribution is 2.22. The lowest BCUT2D eigenvalue weighted by molar-refractivity contribution is -0.0443. The molecule has 5 heteroatoms. The summed E-state index contributed by atoms with van der Waals surface area (Å²) in [6, 6.07) is 2.52. The van der Waals surface area contributed by atoms with Crippen LogP contribution in [0.15, 0.2) is 6.07 Å². The van der Waals surface area contributed by atoms with E-state index in [9.17, 15) is 0 Å². The molecule has 0 amide bonds. The minimum Gasteiger partial charge on any atom is -0.373 e. The Morgan fingerprint density at radius 1 is 1.47 bits per heavy atom. The molecule has 0 radical (unpaired) electrons. The molecule has 1 atom stereocenters. The predicted molar refractivity (Wildman–Crippen MR) is 76.4 cm³/mol. The highest BCUT2D eigenvalue weighted by molar-refractivity contribution is 5.35. The summed E-state index contributed by atoms with van der Waals surface area (Å²) in [4.78, 5) is 11.6. The van der Waals surface area contributed by atoms with Crippen molar-refractivity contribution in [1.82, 2.24) is 14.9 Å². The van der Waals surface area contributed by atoms with Crippen molar-refractivity contribution in [2.45, 2.75) is 39.3 Å². The molecule has 1 unspecified atom stereocenters. The van der Waals surface area contributed by atoms with Crippen molar-refractivity contribution in [3.05, 3.63) is 17.6 Å². The summed E-state index contributed by atoms with van der Waals surface area (Å²) in [5.74, 6) is 1.67. The number of anilines is 1. The van der Waals surface area contributed by atoms with Gasteiger partial charge >= 0.3 is 0 Å². The van der Waals surface area contributed by atoms with E-state index < -0.39 is 0 Å². The number of aryl methyl sites for hydroxylation is 1. The van der Waals surface area contributed by atoms with Crippen molar-refractivity contribution in [2.24, 2.45) is 0 Å². The number of hydrogen-bond acceptors (Lipinski definition) is 5. The van der Waals surface area contributed by atoms with E-state index in [2.05, 4.69) is 41.0 Å². The number of hydrogen-bond donors (Lipinski definition) is 1. The van der Waals surface area contributed by atoms with E-state index in [-0.39, 0.29) is 6.10 Å². The summed E-state index contributed by atoms with van der Waals surface area (Å²) in [5, 5.41) is 3.09. The van der Waals surface area contributed by atoms with Gasteiger partial charge in [-0.3, -0.25) is 4.90 Å². The largest absolute Gasteiger partial charge is 0.373 e. The van der Waals surface area contributed by atoms with Crippen molar-refractivity contribution < 1.29 is 4.74 Å². The van der Waals surface area contributed by atoms with E-state index in [1.54, 1.807) is 0 Å². The first-order valence-electron chi connectivity index (χ1n) is 7.05. The first-order valence-corrected chi connectivity index (χ1v) is 7.05. The molecule has 0 saturated carbocycles. The van der Waals surface area contributed by atoms with Crippen LogP contribution in [-0.2, 0) is 11.2 Å². The zero-order chi connectivity index (χ0) is 13.8. The van der Waals surface area contributed by atoms with Crippen molar-refractivity contribution in [1.29, 1.82) is 0 Å². The third-order valence-corrected chi connectivity index (χ3v) is 3.53. The molecular formula is C14H24N4O. The van der Waals surface area contributed by atoms with Crippen molar-refractivity contribution in [3.63, 3.8) is 0 Å². The third-order valence-electron chi connectivity index (χ3n) is 3.53. The summed E-state index contributed by atoms with van der Waals surface area (Å²) >= 11 is 0. The van der Waals surface area contributed by atoms with Crippen LogP contribution in [0.4, 0.5) is 5.82 Å². The zero-order valence-corrected chi connectivity index (χ0v) is 12.3. The van der Waals surface area contributed by atoms with Gasteiger partial charge in [0.05, 0.1) is 6.61 Å². The second kappa shape index (κ2) is 6.30. The van der Waals surface area contributed by atoms with Gasteiger partial charge in [-0.15, -0.1) is 0 Å². The van der Waals surface area contributed by atoms with Crippen LogP contribution in [-0.4, -0.2) is 47.7 Å². The molecule has 1 saturated heterocycles. The molecule has 1 aromatic heterocycles. The van der Waals surface area contributed by atoms with Crippen LogP contribution in [0.2, 0.25) is 0 Å². The maximum Gasteiger partial charge on any atom is 0.161 e. The Labute approximate surface area is 115 Å². The fourth-order valence-electron chi connectivity index (χ4n) is 2.27. The van der Waals surface area contributed by atoms with Crippen LogP contribution in [0, 0.1) is 0 Å². The second-order valence-corrected chi connectivity index (χ2v) is 5.15. The average Bonchev–Trinajstić information content (AvgIpc) is 2.46. The average molecular weight is 264 g/mol. The number of ether oxygens (including phenoxy) is 1. The van der Waals surface area contributed by atoms with Crippen LogP contribution in [0.1, 0.15) is 38.4 Å². The number of aromatic nitrogens is 2. The SMILES string of the molecule is CCc1cc(NC)nc(C2CN(C(C)C)CCO2)n1. The Morgan fingerprint density at radius 2 is 2.26 bits per heavy atom. The van der Waals surface area contributed by atoms with Crippen LogP contribution in [0.5, 0.6) is 0 Å². The smallest absolute Gasteiger partial charge is 0.161 e.